The van der Waals surface area contributed by atoms with Crippen molar-refractivity contribution < 1.29 is 0 Å². The van der Waals surface area contributed by atoms with E-state index < -0.39 is 0 Å². The predicted molar refractivity (Wildman–Crippen MR) is 55.9 cm³/mol. The molecule has 0 radical (unpaired) electrons. The van der Waals surface area contributed by atoms with Gasteiger partial charge in [0, 0.05) is 25.1 Å². The Labute approximate surface area is 81.5 Å². The van der Waals surface area contributed by atoms with Crippen molar-refractivity contribution >= 4 is 17.7 Å². The van der Waals surface area contributed by atoms with E-state index in [0.29, 0.717) is 0 Å². The van der Waals surface area contributed by atoms with Gasteiger partial charge in [0.25, 0.3) is 0 Å². The standard InChI is InChI=1S/C10H10N4/c1-2-9(14-6-3-11-8-14)10-12-4-7-13(10)5-1/h1-2,4-5,7-8H,3,6H2. The number of aliphatic imine (C=N–C) groups is 1. The minimum absolute atomic E-state index is 0.877. The third-order valence-electron chi connectivity index (χ3n) is 2.40. The molecule has 2 aromatic heterocycles. The van der Waals surface area contributed by atoms with E-state index in [4.69, 9.17) is 0 Å². The summed E-state index contributed by atoms with van der Waals surface area (Å²) in [5.74, 6) is 0. The second kappa shape index (κ2) is 2.83. The van der Waals surface area contributed by atoms with Crippen LogP contribution in [0.5, 0.6) is 0 Å². The van der Waals surface area contributed by atoms with Crippen molar-refractivity contribution in [2.75, 3.05) is 18.0 Å². The van der Waals surface area contributed by atoms with Crippen molar-refractivity contribution in [3.05, 3.63) is 30.7 Å². The molecule has 0 aliphatic carbocycles. The Morgan fingerprint density at radius 1 is 1.29 bits per heavy atom. The Balaban J connectivity index is 2.19. The zero-order valence-corrected chi connectivity index (χ0v) is 7.67. The summed E-state index contributed by atoms with van der Waals surface area (Å²) in [5, 5.41) is 0. The summed E-state index contributed by atoms with van der Waals surface area (Å²) in [5.41, 5.74) is 2.11. The number of anilines is 1. The van der Waals surface area contributed by atoms with Crippen LogP contribution in [0.1, 0.15) is 0 Å². The Morgan fingerprint density at radius 3 is 3.14 bits per heavy atom. The SMILES string of the molecule is C1=NCCN1c1cccn2ccnc12. The number of aromatic nitrogens is 2. The first-order valence-corrected chi connectivity index (χ1v) is 4.63. The minimum atomic E-state index is 0.877. The number of fused-ring (bicyclic) bond motifs is 1. The Hall–Kier alpha value is -1.84. The van der Waals surface area contributed by atoms with Gasteiger partial charge in [-0.15, -0.1) is 0 Å². The van der Waals surface area contributed by atoms with Crippen LogP contribution in [0.3, 0.4) is 0 Å². The Bertz CT molecular complexity index is 486. The molecule has 1 aliphatic heterocycles. The molecule has 70 valence electrons. The molecule has 14 heavy (non-hydrogen) atoms. The third kappa shape index (κ3) is 1.00. The molecule has 0 spiro atoms. The van der Waals surface area contributed by atoms with Crippen LogP contribution in [0.2, 0.25) is 0 Å². The zero-order chi connectivity index (χ0) is 9.38. The quantitative estimate of drug-likeness (QED) is 0.670. The number of nitrogens with zero attached hydrogens (tertiary/aromatic N) is 4. The van der Waals surface area contributed by atoms with E-state index in [2.05, 4.69) is 20.9 Å². The third-order valence-corrected chi connectivity index (χ3v) is 2.40. The fourth-order valence-electron chi connectivity index (χ4n) is 1.72. The molecular weight excluding hydrogens is 176 g/mol. The van der Waals surface area contributed by atoms with Crippen LogP contribution in [-0.4, -0.2) is 28.8 Å². The van der Waals surface area contributed by atoms with Gasteiger partial charge in [0.2, 0.25) is 0 Å². The maximum Gasteiger partial charge on any atom is 0.160 e. The lowest BCUT2D eigenvalue weighted by Gasteiger charge is -2.14. The van der Waals surface area contributed by atoms with Crippen molar-refractivity contribution in [1.29, 1.82) is 0 Å². The van der Waals surface area contributed by atoms with Crippen molar-refractivity contribution in [2.45, 2.75) is 0 Å². The molecule has 3 heterocycles. The maximum absolute atomic E-state index is 4.32. The van der Waals surface area contributed by atoms with Crippen LogP contribution >= 0.6 is 0 Å². The molecule has 0 aromatic carbocycles. The van der Waals surface area contributed by atoms with Crippen LogP contribution in [-0.2, 0) is 0 Å². The van der Waals surface area contributed by atoms with Gasteiger partial charge in [0.1, 0.15) is 0 Å². The smallest absolute Gasteiger partial charge is 0.160 e. The summed E-state index contributed by atoms with van der Waals surface area (Å²) in [6.45, 7) is 1.83. The largest absolute Gasteiger partial charge is 0.328 e. The number of imidazole rings is 1. The van der Waals surface area contributed by atoms with E-state index >= 15 is 0 Å². The average Bonchev–Trinajstić information content (AvgIpc) is 2.88. The van der Waals surface area contributed by atoms with Crippen LogP contribution in [0.15, 0.2) is 35.7 Å². The van der Waals surface area contributed by atoms with Crippen molar-refractivity contribution in [3.8, 4) is 0 Å². The van der Waals surface area contributed by atoms with Gasteiger partial charge < -0.3 is 9.30 Å². The minimum Gasteiger partial charge on any atom is -0.328 e. The first kappa shape index (κ1) is 7.55. The van der Waals surface area contributed by atoms with E-state index in [1.807, 2.05) is 35.4 Å². The van der Waals surface area contributed by atoms with Gasteiger partial charge in [-0.3, -0.25) is 4.99 Å². The summed E-state index contributed by atoms with van der Waals surface area (Å²) >= 11 is 0. The lowest BCUT2D eigenvalue weighted by molar-refractivity contribution is 1.02. The van der Waals surface area contributed by atoms with E-state index in [1.54, 1.807) is 0 Å². The molecule has 2 aromatic rings. The van der Waals surface area contributed by atoms with Gasteiger partial charge in [-0.2, -0.15) is 0 Å². The maximum atomic E-state index is 4.32. The molecule has 0 bridgehead atoms. The van der Waals surface area contributed by atoms with E-state index in [9.17, 15) is 0 Å². The molecule has 0 saturated carbocycles. The molecule has 0 N–H and O–H groups in total. The second-order valence-corrected chi connectivity index (χ2v) is 3.27. The monoisotopic (exact) mass is 186 g/mol. The highest BCUT2D eigenvalue weighted by atomic mass is 15.2. The number of hydrogen-bond acceptors (Lipinski definition) is 3. The summed E-state index contributed by atoms with van der Waals surface area (Å²) in [6.07, 6.45) is 7.64. The molecule has 3 rings (SSSR count). The van der Waals surface area contributed by atoms with Crippen molar-refractivity contribution in [3.63, 3.8) is 0 Å². The summed E-state index contributed by atoms with van der Waals surface area (Å²) in [6, 6.07) is 4.09. The fourth-order valence-corrected chi connectivity index (χ4v) is 1.72. The van der Waals surface area contributed by atoms with E-state index in [1.165, 1.54) is 0 Å². The van der Waals surface area contributed by atoms with Crippen LogP contribution in [0.25, 0.3) is 5.65 Å². The first-order chi connectivity index (χ1) is 6.95. The van der Waals surface area contributed by atoms with E-state index in [0.717, 1.165) is 24.4 Å². The number of rotatable bonds is 1. The van der Waals surface area contributed by atoms with Crippen LogP contribution in [0.4, 0.5) is 5.69 Å². The van der Waals surface area contributed by atoms with Gasteiger partial charge in [0.15, 0.2) is 5.65 Å². The zero-order valence-electron chi connectivity index (χ0n) is 7.67. The molecule has 4 nitrogen and oxygen atoms in total. The predicted octanol–water partition coefficient (Wildman–Crippen LogP) is 1.18. The van der Waals surface area contributed by atoms with Gasteiger partial charge >= 0.3 is 0 Å². The molecule has 0 fully saturated rings. The molecular formula is C10H10N4. The molecule has 0 saturated heterocycles. The molecule has 0 atom stereocenters. The Morgan fingerprint density at radius 2 is 2.29 bits per heavy atom. The van der Waals surface area contributed by atoms with Crippen LogP contribution in [0, 0.1) is 0 Å². The fraction of sp³-hybridized carbons (Fsp3) is 0.200. The lowest BCUT2D eigenvalue weighted by atomic mass is 10.3. The number of pyridine rings is 1. The topological polar surface area (TPSA) is 32.9 Å². The summed E-state index contributed by atoms with van der Waals surface area (Å²) in [4.78, 5) is 10.6. The first-order valence-electron chi connectivity index (χ1n) is 4.63. The highest BCUT2D eigenvalue weighted by Crippen LogP contribution is 2.19. The van der Waals surface area contributed by atoms with Crippen molar-refractivity contribution in [1.82, 2.24) is 9.38 Å². The van der Waals surface area contributed by atoms with E-state index in [-0.39, 0.29) is 0 Å². The Kier molecular flexibility index (Phi) is 1.53. The molecule has 4 heteroatoms. The highest BCUT2D eigenvalue weighted by molar-refractivity contribution is 5.87. The van der Waals surface area contributed by atoms with Crippen LogP contribution < -0.4 is 4.90 Å². The normalized spacial score (nSPS) is 15.6. The summed E-state index contributed by atoms with van der Waals surface area (Å²) in [7, 11) is 0. The van der Waals surface area contributed by atoms with Gasteiger partial charge in [-0.25, -0.2) is 4.98 Å². The summed E-state index contributed by atoms with van der Waals surface area (Å²) < 4.78 is 2.02. The second-order valence-electron chi connectivity index (χ2n) is 3.27. The van der Waals surface area contributed by atoms with Crippen molar-refractivity contribution in [2.24, 2.45) is 4.99 Å². The highest BCUT2D eigenvalue weighted by Gasteiger charge is 2.11. The molecule has 0 amide bonds. The number of hydrogen-bond donors (Lipinski definition) is 0. The average molecular weight is 186 g/mol. The van der Waals surface area contributed by atoms with Gasteiger partial charge in [0.05, 0.1) is 18.6 Å². The van der Waals surface area contributed by atoms with Gasteiger partial charge in [-0.05, 0) is 12.1 Å². The molecule has 0 unspecified atom stereocenters. The lowest BCUT2D eigenvalue weighted by Crippen LogP contribution is -2.18. The van der Waals surface area contributed by atoms with Gasteiger partial charge in [-0.1, -0.05) is 0 Å². The molecule has 1 aliphatic rings.